The lowest BCUT2D eigenvalue weighted by atomic mass is 10.2. The number of hydrogen-bond acceptors (Lipinski definition) is 7. The van der Waals surface area contributed by atoms with Crippen LogP contribution >= 0.6 is 31.9 Å². The fraction of sp³-hybridized carbons (Fsp3) is 0.125. The van der Waals surface area contributed by atoms with Crippen LogP contribution in [-0.4, -0.2) is 35.9 Å². The normalized spacial score (nSPS) is 10.6. The Morgan fingerprint density at radius 2 is 2.07 bits per heavy atom. The van der Waals surface area contributed by atoms with Gasteiger partial charge in [0.2, 0.25) is 0 Å². The van der Waals surface area contributed by atoms with Gasteiger partial charge in [-0.1, -0.05) is 0 Å². The van der Waals surface area contributed by atoms with Gasteiger partial charge in [-0.3, -0.25) is 14.9 Å². The van der Waals surface area contributed by atoms with Crippen molar-refractivity contribution in [3.63, 3.8) is 0 Å². The summed E-state index contributed by atoms with van der Waals surface area (Å²) in [6.45, 7) is -0.313. The Kier molecular flexibility index (Phi) is 7.13. The molecule has 0 fully saturated rings. The lowest BCUT2D eigenvalue weighted by Gasteiger charge is -2.08. The zero-order chi connectivity index (χ0) is 20.0. The molecule has 0 spiro atoms. The maximum Gasteiger partial charge on any atom is 0.277 e. The Bertz CT molecular complexity index is 904. The molecular formula is C16H13Br2N3O6. The van der Waals surface area contributed by atoms with Crippen LogP contribution in [0.15, 0.2) is 44.4 Å². The van der Waals surface area contributed by atoms with E-state index in [0.29, 0.717) is 16.0 Å². The highest BCUT2D eigenvalue weighted by atomic mass is 79.9. The molecule has 0 aliphatic rings. The molecule has 0 aliphatic carbocycles. The van der Waals surface area contributed by atoms with Crippen LogP contribution in [0.25, 0.3) is 0 Å². The number of benzene rings is 2. The summed E-state index contributed by atoms with van der Waals surface area (Å²) in [6.07, 6.45) is 1.09. The number of nitrogens with one attached hydrogen (secondary N) is 1. The second-order valence-corrected chi connectivity index (χ2v) is 6.71. The van der Waals surface area contributed by atoms with Crippen LogP contribution in [-0.2, 0) is 4.79 Å². The summed E-state index contributed by atoms with van der Waals surface area (Å²) in [7, 11) is 1.53. The smallest absolute Gasteiger partial charge is 0.277 e. The third-order valence-corrected chi connectivity index (χ3v) is 4.40. The van der Waals surface area contributed by atoms with Crippen molar-refractivity contribution in [1.29, 1.82) is 0 Å². The molecule has 2 N–H and O–H groups in total. The number of nitro groups is 1. The summed E-state index contributed by atoms with van der Waals surface area (Å²) in [6, 6.07) is 7.29. The van der Waals surface area contributed by atoms with Crippen LogP contribution in [0.1, 0.15) is 5.56 Å². The quantitative estimate of drug-likeness (QED) is 0.340. The molecule has 0 unspecified atom stereocenters. The number of phenols is 1. The maximum absolute atomic E-state index is 11.8. The molecule has 2 rings (SSSR count). The van der Waals surface area contributed by atoms with Gasteiger partial charge in [0.15, 0.2) is 6.61 Å². The minimum absolute atomic E-state index is 0.0650. The third kappa shape index (κ3) is 5.66. The predicted molar refractivity (Wildman–Crippen MR) is 104 cm³/mol. The van der Waals surface area contributed by atoms with Gasteiger partial charge in [0.05, 0.1) is 27.2 Å². The van der Waals surface area contributed by atoms with Gasteiger partial charge in [0.1, 0.15) is 17.2 Å². The average Bonchev–Trinajstić information content (AvgIpc) is 2.63. The monoisotopic (exact) mass is 501 g/mol. The van der Waals surface area contributed by atoms with Crippen molar-refractivity contribution in [3.05, 3.63) is 55.0 Å². The summed E-state index contributed by atoms with van der Waals surface area (Å²) in [5.41, 5.74) is 2.04. The van der Waals surface area contributed by atoms with E-state index in [1.54, 1.807) is 18.2 Å². The van der Waals surface area contributed by atoms with Crippen LogP contribution in [0.3, 0.4) is 0 Å². The Balaban J connectivity index is 1.97. The number of amides is 1. The number of methoxy groups -OCH3 is 1. The van der Waals surface area contributed by atoms with Crippen LogP contribution in [0.4, 0.5) is 5.69 Å². The fourth-order valence-electron chi connectivity index (χ4n) is 1.88. The molecule has 142 valence electrons. The number of ether oxygens (including phenoxy) is 2. The summed E-state index contributed by atoms with van der Waals surface area (Å²) in [5, 5.41) is 24.4. The van der Waals surface area contributed by atoms with Crippen molar-refractivity contribution in [3.8, 4) is 17.2 Å². The lowest BCUT2D eigenvalue weighted by molar-refractivity contribution is -0.385. The first kappa shape index (κ1) is 20.6. The highest BCUT2D eigenvalue weighted by molar-refractivity contribution is 9.10. The molecule has 0 aliphatic heterocycles. The molecule has 11 heteroatoms. The first-order valence-electron chi connectivity index (χ1n) is 7.27. The van der Waals surface area contributed by atoms with E-state index < -0.39 is 10.8 Å². The number of rotatable bonds is 7. The van der Waals surface area contributed by atoms with Crippen LogP contribution in [0.5, 0.6) is 17.2 Å². The highest BCUT2D eigenvalue weighted by Crippen LogP contribution is 2.31. The third-order valence-electron chi connectivity index (χ3n) is 3.18. The van der Waals surface area contributed by atoms with Gasteiger partial charge in [-0.05, 0) is 50.1 Å². The van der Waals surface area contributed by atoms with Crippen molar-refractivity contribution in [2.24, 2.45) is 5.10 Å². The van der Waals surface area contributed by atoms with E-state index in [1.807, 2.05) is 0 Å². The van der Waals surface area contributed by atoms with E-state index in [0.717, 1.165) is 18.3 Å². The Morgan fingerprint density at radius 1 is 1.33 bits per heavy atom. The molecule has 2 aromatic rings. The summed E-state index contributed by atoms with van der Waals surface area (Å²) in [4.78, 5) is 22.0. The molecular weight excluding hydrogens is 490 g/mol. The average molecular weight is 503 g/mol. The number of carbonyl (C=O) groups excluding carboxylic acids is 1. The lowest BCUT2D eigenvalue weighted by Crippen LogP contribution is -2.24. The Morgan fingerprint density at radius 3 is 2.70 bits per heavy atom. The molecule has 0 atom stereocenters. The SMILES string of the molecule is COc1ccc(OCC(=O)N/N=C\c2cc([N+](=O)[O-])cc(Br)c2O)c(Br)c1. The summed E-state index contributed by atoms with van der Waals surface area (Å²) < 4.78 is 11.2. The zero-order valence-electron chi connectivity index (χ0n) is 13.8. The number of hydrazone groups is 1. The number of aromatic hydroxyl groups is 1. The van der Waals surface area contributed by atoms with E-state index in [2.05, 4.69) is 42.4 Å². The molecule has 1 amide bonds. The molecule has 0 aromatic heterocycles. The minimum atomic E-state index is -0.610. The van der Waals surface area contributed by atoms with Crippen molar-refractivity contribution < 1.29 is 24.3 Å². The standard InChI is InChI=1S/C16H13Br2N3O6/c1-26-11-2-3-14(12(17)6-11)27-8-15(22)20-19-7-9-4-10(21(24)25)5-13(18)16(9)23/h2-7,23H,8H2,1H3,(H,20,22)/b19-7-. The fourth-order valence-corrected chi connectivity index (χ4v) is 2.82. The number of nitro benzene ring substituents is 1. The van der Waals surface area contributed by atoms with Crippen LogP contribution < -0.4 is 14.9 Å². The van der Waals surface area contributed by atoms with Gasteiger partial charge in [0.25, 0.3) is 11.6 Å². The van der Waals surface area contributed by atoms with Gasteiger partial charge in [-0.2, -0.15) is 5.10 Å². The van der Waals surface area contributed by atoms with Gasteiger partial charge >= 0.3 is 0 Å². The van der Waals surface area contributed by atoms with Crippen molar-refractivity contribution in [1.82, 2.24) is 5.43 Å². The second kappa shape index (κ2) is 9.33. The van der Waals surface area contributed by atoms with Gasteiger partial charge in [-0.25, -0.2) is 5.43 Å². The molecule has 9 nitrogen and oxygen atoms in total. The zero-order valence-corrected chi connectivity index (χ0v) is 17.0. The first-order valence-corrected chi connectivity index (χ1v) is 8.85. The topological polar surface area (TPSA) is 123 Å². The largest absolute Gasteiger partial charge is 0.506 e. The van der Waals surface area contributed by atoms with Gasteiger partial charge in [-0.15, -0.1) is 0 Å². The number of halogens is 2. The number of hydrogen-bond donors (Lipinski definition) is 2. The number of phenolic OH excluding ortho intramolecular Hbond substituents is 1. The van der Waals surface area contributed by atoms with E-state index in [9.17, 15) is 20.0 Å². The number of nitrogens with zero attached hydrogens (tertiary/aromatic N) is 2. The van der Waals surface area contributed by atoms with E-state index in [4.69, 9.17) is 9.47 Å². The Hall–Kier alpha value is -2.66. The van der Waals surface area contributed by atoms with Crippen LogP contribution in [0.2, 0.25) is 0 Å². The molecule has 0 bridgehead atoms. The van der Waals surface area contributed by atoms with Crippen molar-refractivity contribution in [2.75, 3.05) is 13.7 Å². The van der Waals surface area contributed by atoms with E-state index in [-0.39, 0.29) is 28.1 Å². The van der Waals surface area contributed by atoms with Crippen LogP contribution in [0, 0.1) is 10.1 Å². The first-order chi connectivity index (χ1) is 12.8. The van der Waals surface area contributed by atoms with E-state index in [1.165, 1.54) is 7.11 Å². The number of carbonyl (C=O) groups is 1. The Labute approximate surface area is 170 Å². The van der Waals surface area contributed by atoms with Crippen molar-refractivity contribution in [2.45, 2.75) is 0 Å². The molecule has 0 saturated carbocycles. The van der Waals surface area contributed by atoms with E-state index >= 15 is 0 Å². The van der Waals surface area contributed by atoms with Crippen molar-refractivity contribution >= 4 is 49.7 Å². The molecule has 2 aromatic carbocycles. The minimum Gasteiger partial charge on any atom is -0.506 e. The van der Waals surface area contributed by atoms with Gasteiger partial charge in [0, 0.05) is 17.7 Å². The van der Waals surface area contributed by atoms with Gasteiger partial charge < -0.3 is 14.6 Å². The molecule has 0 saturated heterocycles. The summed E-state index contributed by atoms with van der Waals surface area (Å²) >= 11 is 6.32. The molecule has 27 heavy (non-hydrogen) atoms. The molecule has 0 heterocycles. The highest BCUT2D eigenvalue weighted by Gasteiger charge is 2.13. The predicted octanol–water partition coefficient (Wildman–Crippen LogP) is 3.36. The second-order valence-electron chi connectivity index (χ2n) is 5.00. The maximum atomic E-state index is 11.8. The number of non-ortho nitro benzene ring substituents is 1. The molecule has 0 radical (unpaired) electrons. The summed E-state index contributed by atoms with van der Waals surface area (Å²) in [5.74, 6) is 0.274.